The van der Waals surface area contributed by atoms with Crippen LogP contribution in [0, 0.1) is 5.92 Å². The molecule has 0 amide bonds. The van der Waals surface area contributed by atoms with Gasteiger partial charge in [-0.2, -0.15) is 0 Å². The summed E-state index contributed by atoms with van der Waals surface area (Å²) in [7, 11) is 0. The molecule has 0 saturated carbocycles. The van der Waals surface area contributed by atoms with Crippen LogP contribution in [0.1, 0.15) is 13.8 Å². The Morgan fingerprint density at radius 1 is 1.47 bits per heavy atom. The highest BCUT2D eigenvalue weighted by Crippen LogP contribution is 2.29. The lowest BCUT2D eigenvalue weighted by Gasteiger charge is -2.23. The van der Waals surface area contributed by atoms with Crippen molar-refractivity contribution in [1.82, 2.24) is 0 Å². The van der Waals surface area contributed by atoms with Gasteiger partial charge in [-0.05, 0) is 31.0 Å². The first-order valence-corrected chi connectivity index (χ1v) is 7.64. The summed E-state index contributed by atoms with van der Waals surface area (Å²) >= 11 is 11.3. The minimum absolute atomic E-state index is 0.368. The van der Waals surface area contributed by atoms with Crippen molar-refractivity contribution in [3.8, 4) is 0 Å². The van der Waals surface area contributed by atoms with Crippen LogP contribution in [-0.2, 0) is 0 Å². The van der Waals surface area contributed by atoms with E-state index in [1.807, 2.05) is 18.2 Å². The average Bonchev–Trinajstić information content (AvgIpc) is 2.27. The van der Waals surface area contributed by atoms with E-state index in [0.717, 1.165) is 21.1 Å². The zero-order chi connectivity index (χ0) is 12.4. The molecule has 17 heavy (non-hydrogen) atoms. The van der Waals surface area contributed by atoms with E-state index in [9.17, 15) is 0 Å². The lowest BCUT2D eigenvalue weighted by molar-refractivity contribution is 0.537. The predicted octanol–water partition coefficient (Wildman–Crippen LogP) is 4.64. The SMILES string of the molecule is CC1CSC(Nc2ccc(Br)cc2Cl)=NC1C. The van der Waals surface area contributed by atoms with Gasteiger partial charge in [0, 0.05) is 10.2 Å². The molecular weight excluding hydrogens is 320 g/mol. The van der Waals surface area contributed by atoms with Crippen LogP contribution in [0.3, 0.4) is 0 Å². The Morgan fingerprint density at radius 2 is 2.24 bits per heavy atom. The lowest BCUT2D eigenvalue weighted by atomic mass is 10.1. The normalized spacial score (nSPS) is 24.4. The molecule has 1 N–H and O–H groups in total. The Hall–Kier alpha value is -0.190. The number of hydrogen-bond acceptors (Lipinski definition) is 3. The van der Waals surface area contributed by atoms with E-state index in [1.165, 1.54) is 0 Å². The minimum atomic E-state index is 0.368. The van der Waals surface area contributed by atoms with Crippen molar-refractivity contribution in [3.63, 3.8) is 0 Å². The average molecular weight is 334 g/mol. The van der Waals surface area contributed by atoms with Gasteiger partial charge in [-0.15, -0.1) is 0 Å². The van der Waals surface area contributed by atoms with Crippen molar-refractivity contribution in [3.05, 3.63) is 27.7 Å². The molecule has 1 aromatic carbocycles. The summed E-state index contributed by atoms with van der Waals surface area (Å²) in [6, 6.07) is 6.17. The monoisotopic (exact) mass is 332 g/mol. The number of amidine groups is 1. The van der Waals surface area contributed by atoms with Crippen molar-refractivity contribution < 1.29 is 0 Å². The summed E-state index contributed by atoms with van der Waals surface area (Å²) < 4.78 is 0.980. The summed E-state index contributed by atoms with van der Waals surface area (Å²) in [4.78, 5) is 4.62. The molecule has 0 radical (unpaired) electrons. The number of rotatable bonds is 1. The standard InChI is InChI=1S/C12H14BrClN2S/c1-7-6-17-12(15-8(7)2)16-11-4-3-9(13)5-10(11)14/h3-5,7-8H,6H2,1-2H3,(H,15,16). The van der Waals surface area contributed by atoms with Gasteiger partial charge in [0.1, 0.15) is 0 Å². The third-order valence-electron chi connectivity index (χ3n) is 2.80. The van der Waals surface area contributed by atoms with Gasteiger partial charge in [-0.1, -0.05) is 46.2 Å². The fourth-order valence-electron chi connectivity index (χ4n) is 1.47. The second-order valence-electron chi connectivity index (χ2n) is 4.21. The van der Waals surface area contributed by atoms with Crippen LogP contribution in [0.2, 0.25) is 5.02 Å². The molecule has 0 saturated heterocycles. The number of aliphatic imine (C=N–C) groups is 1. The van der Waals surface area contributed by atoms with Crippen LogP contribution in [0.15, 0.2) is 27.7 Å². The van der Waals surface area contributed by atoms with Gasteiger partial charge < -0.3 is 5.32 Å². The number of benzene rings is 1. The second kappa shape index (κ2) is 5.63. The summed E-state index contributed by atoms with van der Waals surface area (Å²) in [5.41, 5.74) is 0.905. The fraction of sp³-hybridized carbons (Fsp3) is 0.417. The number of halogens is 2. The van der Waals surface area contributed by atoms with Crippen molar-refractivity contribution in [2.24, 2.45) is 10.9 Å². The van der Waals surface area contributed by atoms with E-state index in [0.29, 0.717) is 17.0 Å². The molecular formula is C12H14BrClN2S. The molecule has 0 spiro atoms. The number of anilines is 1. The topological polar surface area (TPSA) is 24.4 Å². The Kier molecular flexibility index (Phi) is 4.39. The molecule has 2 rings (SSSR count). The number of thioether (sulfide) groups is 1. The Balaban J connectivity index is 2.13. The molecule has 92 valence electrons. The third kappa shape index (κ3) is 3.39. The van der Waals surface area contributed by atoms with Gasteiger partial charge in [0.25, 0.3) is 0 Å². The highest BCUT2D eigenvalue weighted by Gasteiger charge is 2.19. The van der Waals surface area contributed by atoms with E-state index in [2.05, 4.69) is 40.1 Å². The molecule has 5 heteroatoms. The fourth-order valence-corrected chi connectivity index (χ4v) is 3.32. The highest BCUT2D eigenvalue weighted by molar-refractivity contribution is 9.10. The van der Waals surface area contributed by atoms with E-state index >= 15 is 0 Å². The molecule has 2 unspecified atom stereocenters. The predicted molar refractivity (Wildman–Crippen MR) is 81.3 cm³/mol. The molecule has 0 aromatic heterocycles. The molecule has 2 nitrogen and oxygen atoms in total. The molecule has 0 bridgehead atoms. The van der Waals surface area contributed by atoms with E-state index in [-0.39, 0.29) is 0 Å². The van der Waals surface area contributed by atoms with Crippen molar-refractivity contribution in [2.75, 3.05) is 11.1 Å². The van der Waals surface area contributed by atoms with Crippen LogP contribution in [0.4, 0.5) is 5.69 Å². The van der Waals surface area contributed by atoms with Crippen LogP contribution in [0.25, 0.3) is 0 Å². The van der Waals surface area contributed by atoms with Gasteiger partial charge in [0.2, 0.25) is 0 Å². The first kappa shape index (κ1) is 13.2. The van der Waals surface area contributed by atoms with Gasteiger partial charge in [0.15, 0.2) is 5.17 Å². The molecule has 2 atom stereocenters. The van der Waals surface area contributed by atoms with Gasteiger partial charge in [-0.25, -0.2) is 0 Å². The molecule has 1 aromatic rings. The number of nitrogens with zero attached hydrogens (tertiary/aromatic N) is 1. The summed E-state index contributed by atoms with van der Waals surface area (Å²) in [6.07, 6.45) is 0. The van der Waals surface area contributed by atoms with Crippen molar-refractivity contribution in [1.29, 1.82) is 0 Å². The zero-order valence-electron chi connectivity index (χ0n) is 9.71. The summed E-state index contributed by atoms with van der Waals surface area (Å²) in [5.74, 6) is 1.73. The van der Waals surface area contributed by atoms with Gasteiger partial charge in [-0.3, -0.25) is 4.99 Å². The maximum absolute atomic E-state index is 6.16. The lowest BCUT2D eigenvalue weighted by Crippen LogP contribution is -2.25. The van der Waals surface area contributed by atoms with Crippen LogP contribution < -0.4 is 5.32 Å². The Morgan fingerprint density at radius 3 is 2.88 bits per heavy atom. The van der Waals surface area contributed by atoms with Crippen molar-refractivity contribution in [2.45, 2.75) is 19.9 Å². The van der Waals surface area contributed by atoms with Crippen LogP contribution in [0.5, 0.6) is 0 Å². The minimum Gasteiger partial charge on any atom is -0.334 e. The maximum Gasteiger partial charge on any atom is 0.161 e. The van der Waals surface area contributed by atoms with Crippen molar-refractivity contribution >= 4 is 50.1 Å². The summed E-state index contributed by atoms with van der Waals surface area (Å²) in [6.45, 7) is 4.37. The largest absolute Gasteiger partial charge is 0.334 e. The molecule has 1 heterocycles. The maximum atomic E-state index is 6.16. The molecule has 0 fully saturated rings. The van der Waals surface area contributed by atoms with E-state index in [4.69, 9.17) is 11.6 Å². The quantitative estimate of drug-likeness (QED) is 0.809. The number of hydrogen-bond donors (Lipinski definition) is 1. The first-order valence-electron chi connectivity index (χ1n) is 5.49. The van der Waals surface area contributed by atoms with Crippen LogP contribution >= 0.6 is 39.3 Å². The molecule has 0 aliphatic carbocycles. The van der Waals surface area contributed by atoms with E-state index < -0.39 is 0 Å². The highest BCUT2D eigenvalue weighted by atomic mass is 79.9. The third-order valence-corrected chi connectivity index (χ3v) is 4.78. The first-order chi connectivity index (χ1) is 8.06. The van der Waals surface area contributed by atoms with Gasteiger partial charge >= 0.3 is 0 Å². The summed E-state index contributed by atoms with van der Waals surface area (Å²) in [5, 5.41) is 4.95. The smallest absolute Gasteiger partial charge is 0.161 e. The number of nitrogens with one attached hydrogen (secondary N) is 1. The van der Waals surface area contributed by atoms with E-state index in [1.54, 1.807) is 11.8 Å². The van der Waals surface area contributed by atoms with Gasteiger partial charge in [0.05, 0.1) is 16.8 Å². The Bertz CT molecular complexity index is 450. The Labute approximate surface area is 119 Å². The molecule has 1 aliphatic heterocycles. The molecule has 1 aliphatic rings. The van der Waals surface area contributed by atoms with Crippen LogP contribution in [-0.4, -0.2) is 17.0 Å². The zero-order valence-corrected chi connectivity index (χ0v) is 12.9. The second-order valence-corrected chi connectivity index (χ2v) is 6.54.